The Hall–Kier alpha value is -2.53. The lowest BCUT2D eigenvalue weighted by atomic mass is 10.0. The van der Waals surface area contributed by atoms with E-state index in [0.717, 1.165) is 24.6 Å². The van der Waals surface area contributed by atoms with Crippen LogP contribution in [0.2, 0.25) is 0 Å². The van der Waals surface area contributed by atoms with Crippen LogP contribution in [0.15, 0.2) is 54.6 Å². The number of piperidine rings is 1. The molecule has 1 fully saturated rings. The van der Waals surface area contributed by atoms with E-state index >= 15 is 0 Å². The van der Waals surface area contributed by atoms with Crippen molar-refractivity contribution in [2.45, 2.75) is 31.7 Å². The number of amides is 1. The minimum Gasteiger partial charge on any atom is -0.497 e. The molecule has 0 radical (unpaired) electrons. The summed E-state index contributed by atoms with van der Waals surface area (Å²) < 4.78 is 11.0. The predicted octanol–water partition coefficient (Wildman–Crippen LogP) is 3.81. The Morgan fingerprint density at radius 3 is 2.54 bits per heavy atom. The predicted molar refractivity (Wildman–Crippen MR) is 111 cm³/mol. The molecule has 1 N–H and O–H groups in total. The van der Waals surface area contributed by atoms with Crippen molar-refractivity contribution in [1.82, 2.24) is 10.2 Å². The molecule has 150 valence electrons. The van der Waals surface area contributed by atoms with Gasteiger partial charge in [-0.15, -0.1) is 0 Å². The van der Waals surface area contributed by atoms with Crippen LogP contribution in [0.1, 0.15) is 37.3 Å². The van der Waals surface area contributed by atoms with Crippen LogP contribution >= 0.6 is 0 Å². The van der Waals surface area contributed by atoms with Crippen molar-refractivity contribution in [3.63, 3.8) is 0 Å². The van der Waals surface area contributed by atoms with Crippen LogP contribution in [0, 0.1) is 0 Å². The number of nitrogens with zero attached hydrogens (tertiary/aromatic N) is 1. The highest BCUT2D eigenvalue weighted by Gasteiger charge is 2.23. The number of methoxy groups -OCH3 is 1. The monoisotopic (exact) mass is 382 g/mol. The van der Waals surface area contributed by atoms with Gasteiger partial charge in [-0.1, -0.05) is 36.8 Å². The molecule has 3 rings (SSSR count). The SMILES string of the molecule is COc1cccc(C(CNC(=O)CCOc2ccccc2)N2CCCCC2)c1. The number of nitrogens with one attached hydrogen (secondary N) is 1. The van der Waals surface area contributed by atoms with Gasteiger partial charge in [-0.25, -0.2) is 0 Å². The van der Waals surface area contributed by atoms with Crippen LogP contribution in [-0.4, -0.2) is 44.2 Å². The van der Waals surface area contributed by atoms with Crippen LogP contribution in [0.5, 0.6) is 11.5 Å². The van der Waals surface area contributed by atoms with Crippen LogP contribution < -0.4 is 14.8 Å². The van der Waals surface area contributed by atoms with Crippen LogP contribution in [-0.2, 0) is 4.79 Å². The van der Waals surface area contributed by atoms with E-state index in [9.17, 15) is 4.79 Å². The Balaban J connectivity index is 1.55. The van der Waals surface area contributed by atoms with Crippen LogP contribution in [0.3, 0.4) is 0 Å². The van der Waals surface area contributed by atoms with E-state index in [1.54, 1.807) is 7.11 Å². The first-order chi connectivity index (χ1) is 13.8. The molecule has 5 nitrogen and oxygen atoms in total. The molecule has 0 saturated carbocycles. The summed E-state index contributed by atoms with van der Waals surface area (Å²) in [7, 11) is 1.68. The van der Waals surface area contributed by atoms with E-state index in [-0.39, 0.29) is 11.9 Å². The van der Waals surface area contributed by atoms with Crippen molar-refractivity contribution in [1.29, 1.82) is 0 Å². The highest BCUT2D eigenvalue weighted by molar-refractivity contribution is 5.76. The Morgan fingerprint density at radius 2 is 1.79 bits per heavy atom. The van der Waals surface area contributed by atoms with E-state index in [0.29, 0.717) is 19.6 Å². The fourth-order valence-corrected chi connectivity index (χ4v) is 3.61. The summed E-state index contributed by atoms with van der Waals surface area (Å²) in [6.45, 7) is 3.10. The number of likely N-dealkylation sites (tertiary alicyclic amines) is 1. The van der Waals surface area contributed by atoms with E-state index in [1.807, 2.05) is 42.5 Å². The molecule has 1 atom stereocenters. The van der Waals surface area contributed by atoms with Crippen molar-refractivity contribution in [3.05, 3.63) is 60.2 Å². The summed E-state index contributed by atoms with van der Waals surface area (Å²) >= 11 is 0. The molecular weight excluding hydrogens is 352 g/mol. The van der Waals surface area contributed by atoms with Gasteiger partial charge in [0.05, 0.1) is 26.2 Å². The normalized spacial score (nSPS) is 15.6. The molecule has 28 heavy (non-hydrogen) atoms. The second kappa shape index (κ2) is 10.7. The van der Waals surface area contributed by atoms with Gasteiger partial charge in [0.25, 0.3) is 0 Å². The molecule has 1 saturated heterocycles. The quantitative estimate of drug-likeness (QED) is 0.717. The summed E-state index contributed by atoms with van der Waals surface area (Å²) in [5.74, 6) is 1.65. The van der Waals surface area contributed by atoms with Crippen molar-refractivity contribution >= 4 is 5.91 Å². The number of hydrogen-bond donors (Lipinski definition) is 1. The maximum absolute atomic E-state index is 12.3. The molecule has 1 unspecified atom stereocenters. The van der Waals surface area contributed by atoms with Gasteiger partial charge >= 0.3 is 0 Å². The highest BCUT2D eigenvalue weighted by Crippen LogP contribution is 2.26. The number of rotatable bonds is 9. The van der Waals surface area contributed by atoms with Crippen LogP contribution in [0.4, 0.5) is 0 Å². The molecule has 2 aromatic rings. The Bertz CT molecular complexity index is 730. The molecule has 2 aromatic carbocycles. The van der Waals surface area contributed by atoms with Gasteiger partial charge in [0.2, 0.25) is 5.91 Å². The summed E-state index contributed by atoms with van der Waals surface area (Å²) in [6.07, 6.45) is 4.04. The average molecular weight is 383 g/mol. The average Bonchev–Trinajstić information content (AvgIpc) is 2.75. The molecule has 1 aliphatic rings. The fraction of sp³-hybridized carbons (Fsp3) is 0.435. The van der Waals surface area contributed by atoms with Gasteiger partial charge in [-0.3, -0.25) is 9.69 Å². The summed E-state index contributed by atoms with van der Waals surface area (Å²) in [4.78, 5) is 14.8. The zero-order valence-electron chi connectivity index (χ0n) is 16.6. The zero-order chi connectivity index (χ0) is 19.6. The van der Waals surface area contributed by atoms with Crippen molar-refractivity contribution in [2.24, 2.45) is 0 Å². The maximum Gasteiger partial charge on any atom is 0.223 e. The van der Waals surface area contributed by atoms with E-state index in [1.165, 1.54) is 24.8 Å². The third-order valence-electron chi connectivity index (χ3n) is 5.14. The first-order valence-corrected chi connectivity index (χ1v) is 10.1. The van der Waals surface area contributed by atoms with Gasteiger partial charge < -0.3 is 14.8 Å². The van der Waals surface area contributed by atoms with Crippen molar-refractivity contribution in [3.8, 4) is 11.5 Å². The lowest BCUT2D eigenvalue weighted by molar-refractivity contribution is -0.121. The number of para-hydroxylation sites is 1. The minimum atomic E-state index is 0.0147. The van der Waals surface area contributed by atoms with Crippen LogP contribution in [0.25, 0.3) is 0 Å². The second-order valence-corrected chi connectivity index (χ2v) is 7.10. The van der Waals surface area contributed by atoms with E-state index in [4.69, 9.17) is 9.47 Å². The minimum absolute atomic E-state index is 0.0147. The Kier molecular flexibility index (Phi) is 7.73. The number of carbonyl (C=O) groups is 1. The van der Waals surface area contributed by atoms with Gasteiger partial charge in [0, 0.05) is 6.54 Å². The molecule has 0 aliphatic carbocycles. The van der Waals surface area contributed by atoms with Gasteiger partial charge in [-0.05, 0) is 55.8 Å². The molecule has 1 aliphatic heterocycles. The molecule has 1 amide bonds. The maximum atomic E-state index is 12.3. The second-order valence-electron chi connectivity index (χ2n) is 7.10. The molecular formula is C23H30N2O3. The number of hydrogen-bond acceptors (Lipinski definition) is 4. The van der Waals surface area contributed by atoms with Gasteiger partial charge in [0.1, 0.15) is 11.5 Å². The number of carbonyl (C=O) groups excluding carboxylic acids is 1. The molecule has 0 aromatic heterocycles. The molecule has 5 heteroatoms. The third kappa shape index (κ3) is 5.99. The Morgan fingerprint density at radius 1 is 1.04 bits per heavy atom. The lowest BCUT2D eigenvalue weighted by Crippen LogP contribution is -2.40. The van der Waals surface area contributed by atoms with Gasteiger partial charge in [0.15, 0.2) is 0 Å². The van der Waals surface area contributed by atoms with Gasteiger partial charge in [-0.2, -0.15) is 0 Å². The smallest absolute Gasteiger partial charge is 0.223 e. The van der Waals surface area contributed by atoms with Crippen molar-refractivity contribution in [2.75, 3.05) is 33.4 Å². The summed E-state index contributed by atoms with van der Waals surface area (Å²) in [5, 5.41) is 3.10. The van der Waals surface area contributed by atoms with Crippen molar-refractivity contribution < 1.29 is 14.3 Å². The molecule has 0 bridgehead atoms. The topological polar surface area (TPSA) is 50.8 Å². The summed E-state index contributed by atoms with van der Waals surface area (Å²) in [5.41, 5.74) is 1.18. The standard InChI is InChI=1S/C23H30N2O3/c1-27-21-12-8-9-19(17-21)22(25-14-6-3-7-15-25)18-24-23(26)13-16-28-20-10-4-2-5-11-20/h2,4-5,8-12,17,22H,3,6-7,13-16,18H2,1H3,(H,24,26). The zero-order valence-corrected chi connectivity index (χ0v) is 16.6. The lowest BCUT2D eigenvalue weighted by Gasteiger charge is -2.35. The Labute approximate surface area is 167 Å². The third-order valence-corrected chi connectivity index (χ3v) is 5.14. The molecule has 1 heterocycles. The largest absolute Gasteiger partial charge is 0.497 e. The first-order valence-electron chi connectivity index (χ1n) is 10.1. The highest BCUT2D eigenvalue weighted by atomic mass is 16.5. The van der Waals surface area contributed by atoms with E-state index < -0.39 is 0 Å². The van der Waals surface area contributed by atoms with E-state index in [2.05, 4.69) is 22.3 Å². The fourth-order valence-electron chi connectivity index (χ4n) is 3.61. The first kappa shape index (κ1) is 20.2. The number of benzene rings is 2. The summed E-state index contributed by atoms with van der Waals surface area (Å²) in [6, 6.07) is 17.9. The molecule has 0 spiro atoms. The number of ether oxygens (including phenoxy) is 2.